The maximum atomic E-state index is 12.8. The normalized spacial score (nSPS) is 11.2. The van der Waals surface area contributed by atoms with E-state index in [1.165, 1.54) is 0 Å². The quantitative estimate of drug-likeness (QED) is 0.855. The Morgan fingerprint density at radius 3 is 2.25 bits per heavy atom. The van der Waals surface area contributed by atoms with E-state index in [-0.39, 0.29) is 12.0 Å². The van der Waals surface area contributed by atoms with Crippen molar-refractivity contribution in [2.24, 2.45) is 0 Å². The summed E-state index contributed by atoms with van der Waals surface area (Å²) < 4.78 is 10.9. The van der Waals surface area contributed by atoms with Crippen LogP contribution >= 0.6 is 0 Å². The van der Waals surface area contributed by atoms with E-state index < -0.39 is 5.41 Å². The van der Waals surface area contributed by atoms with Gasteiger partial charge in [-0.1, -0.05) is 24.3 Å². The van der Waals surface area contributed by atoms with Gasteiger partial charge in [-0.2, -0.15) is 0 Å². The summed E-state index contributed by atoms with van der Waals surface area (Å²) >= 11 is 0. The molecule has 0 aliphatic heterocycles. The maximum absolute atomic E-state index is 12.8. The molecule has 24 heavy (non-hydrogen) atoms. The molecule has 0 radical (unpaired) electrons. The Hall–Kier alpha value is -2.49. The number of amides is 1. The van der Waals surface area contributed by atoms with Crippen molar-refractivity contribution in [3.05, 3.63) is 54.1 Å². The molecule has 4 heteroatoms. The Balaban J connectivity index is 2.21. The molecule has 2 aromatic carbocycles. The molecule has 0 heterocycles. The minimum atomic E-state index is -0.683. The molecule has 2 aromatic rings. The lowest BCUT2D eigenvalue weighted by Gasteiger charge is -2.25. The second-order valence-electron chi connectivity index (χ2n) is 6.47. The van der Waals surface area contributed by atoms with Crippen molar-refractivity contribution in [3.63, 3.8) is 0 Å². The van der Waals surface area contributed by atoms with E-state index in [1.807, 2.05) is 76.2 Å². The number of anilines is 1. The first-order valence-electron chi connectivity index (χ1n) is 8.06. The van der Waals surface area contributed by atoms with Gasteiger partial charge in [0.15, 0.2) is 0 Å². The van der Waals surface area contributed by atoms with Crippen molar-refractivity contribution in [2.45, 2.75) is 39.2 Å². The third-order valence-corrected chi connectivity index (χ3v) is 3.88. The summed E-state index contributed by atoms with van der Waals surface area (Å²) in [5.74, 6) is 1.35. The first-order chi connectivity index (χ1) is 11.3. The number of carbonyl (C=O) groups is 1. The molecule has 0 fully saturated rings. The van der Waals surface area contributed by atoms with Crippen LogP contribution in [-0.4, -0.2) is 19.1 Å². The summed E-state index contributed by atoms with van der Waals surface area (Å²) in [6, 6.07) is 15.0. The van der Waals surface area contributed by atoms with Crippen LogP contribution in [0, 0.1) is 0 Å². The van der Waals surface area contributed by atoms with Crippen LogP contribution in [0.25, 0.3) is 0 Å². The average molecular weight is 327 g/mol. The van der Waals surface area contributed by atoms with Crippen molar-refractivity contribution < 1.29 is 14.3 Å². The van der Waals surface area contributed by atoms with Crippen LogP contribution in [-0.2, 0) is 10.2 Å². The number of hydrogen-bond acceptors (Lipinski definition) is 3. The molecule has 0 aliphatic carbocycles. The predicted molar refractivity (Wildman–Crippen MR) is 96.9 cm³/mol. The fraction of sp³-hybridized carbons (Fsp3) is 0.350. The van der Waals surface area contributed by atoms with Gasteiger partial charge in [-0.25, -0.2) is 0 Å². The predicted octanol–water partition coefficient (Wildman–Crippen LogP) is 4.40. The van der Waals surface area contributed by atoms with Gasteiger partial charge in [0.05, 0.1) is 24.3 Å². The van der Waals surface area contributed by atoms with Gasteiger partial charge >= 0.3 is 0 Å². The fourth-order valence-corrected chi connectivity index (χ4v) is 2.34. The van der Waals surface area contributed by atoms with Crippen LogP contribution in [0.1, 0.15) is 33.3 Å². The van der Waals surface area contributed by atoms with Gasteiger partial charge in [0, 0.05) is 0 Å². The summed E-state index contributed by atoms with van der Waals surface area (Å²) in [5.41, 5.74) is 0.915. The van der Waals surface area contributed by atoms with E-state index in [4.69, 9.17) is 9.47 Å². The summed E-state index contributed by atoms with van der Waals surface area (Å²) in [5, 5.41) is 2.99. The highest BCUT2D eigenvalue weighted by atomic mass is 16.5. The molecular formula is C20H25NO3. The van der Waals surface area contributed by atoms with E-state index >= 15 is 0 Å². The molecule has 128 valence electrons. The van der Waals surface area contributed by atoms with E-state index in [0.29, 0.717) is 11.4 Å². The zero-order valence-electron chi connectivity index (χ0n) is 14.9. The van der Waals surface area contributed by atoms with Gasteiger partial charge in [0.2, 0.25) is 5.91 Å². The summed E-state index contributed by atoms with van der Waals surface area (Å²) in [4.78, 5) is 12.8. The lowest BCUT2D eigenvalue weighted by Crippen LogP contribution is -2.34. The van der Waals surface area contributed by atoms with E-state index in [9.17, 15) is 4.79 Å². The fourth-order valence-electron chi connectivity index (χ4n) is 2.34. The van der Waals surface area contributed by atoms with Gasteiger partial charge in [0.1, 0.15) is 11.5 Å². The second kappa shape index (κ2) is 7.39. The van der Waals surface area contributed by atoms with Gasteiger partial charge in [-0.3, -0.25) is 4.79 Å². The Bertz CT molecular complexity index is 690. The number of methoxy groups -OCH3 is 1. The largest absolute Gasteiger partial charge is 0.497 e. The van der Waals surface area contributed by atoms with E-state index in [2.05, 4.69) is 5.32 Å². The molecule has 4 nitrogen and oxygen atoms in total. The van der Waals surface area contributed by atoms with Crippen LogP contribution in [0.2, 0.25) is 0 Å². The molecule has 0 saturated heterocycles. The molecular weight excluding hydrogens is 302 g/mol. The van der Waals surface area contributed by atoms with E-state index in [0.717, 1.165) is 11.3 Å². The smallest absolute Gasteiger partial charge is 0.234 e. The van der Waals surface area contributed by atoms with Crippen LogP contribution in [0.5, 0.6) is 11.5 Å². The van der Waals surface area contributed by atoms with Crippen molar-refractivity contribution >= 4 is 11.6 Å². The number of ether oxygens (including phenoxy) is 2. The number of rotatable bonds is 6. The molecule has 2 rings (SSSR count). The molecule has 1 N–H and O–H groups in total. The third kappa shape index (κ3) is 4.07. The minimum absolute atomic E-state index is 0.0395. The Kier molecular flexibility index (Phi) is 5.50. The summed E-state index contributed by atoms with van der Waals surface area (Å²) in [7, 11) is 1.62. The van der Waals surface area contributed by atoms with E-state index in [1.54, 1.807) is 7.11 Å². The topological polar surface area (TPSA) is 47.6 Å². The lowest BCUT2D eigenvalue weighted by atomic mass is 9.83. The highest BCUT2D eigenvalue weighted by Crippen LogP contribution is 2.30. The number of hydrogen-bond donors (Lipinski definition) is 1. The zero-order chi connectivity index (χ0) is 17.7. The molecule has 0 saturated carbocycles. The molecule has 0 spiro atoms. The first kappa shape index (κ1) is 17.9. The van der Waals surface area contributed by atoms with Crippen molar-refractivity contribution in [1.82, 2.24) is 0 Å². The van der Waals surface area contributed by atoms with Gasteiger partial charge in [-0.15, -0.1) is 0 Å². The molecule has 1 amide bonds. The molecule has 0 aliphatic rings. The van der Waals surface area contributed by atoms with Crippen LogP contribution in [0.15, 0.2) is 48.5 Å². The monoisotopic (exact) mass is 327 g/mol. The lowest BCUT2D eigenvalue weighted by molar-refractivity contribution is -0.120. The summed E-state index contributed by atoms with van der Waals surface area (Å²) in [6.45, 7) is 7.71. The van der Waals surface area contributed by atoms with Crippen molar-refractivity contribution in [2.75, 3.05) is 12.4 Å². The summed E-state index contributed by atoms with van der Waals surface area (Å²) in [6.07, 6.45) is 0.0395. The second-order valence-corrected chi connectivity index (χ2v) is 6.47. The standard InChI is InChI=1S/C20H25NO3/c1-14(2)24-18-9-7-6-8-17(18)21-19(22)20(3,4)15-10-12-16(23-5)13-11-15/h6-14H,1-5H3,(H,21,22). The maximum Gasteiger partial charge on any atom is 0.234 e. The van der Waals surface area contributed by atoms with Crippen LogP contribution < -0.4 is 14.8 Å². The van der Waals surface area contributed by atoms with Gasteiger partial charge in [-0.05, 0) is 57.5 Å². The van der Waals surface area contributed by atoms with Gasteiger partial charge < -0.3 is 14.8 Å². The average Bonchev–Trinajstić information content (AvgIpc) is 2.56. The Labute approximate surface area is 143 Å². The molecule has 0 unspecified atom stereocenters. The van der Waals surface area contributed by atoms with Crippen molar-refractivity contribution in [1.29, 1.82) is 0 Å². The zero-order valence-corrected chi connectivity index (χ0v) is 14.9. The third-order valence-electron chi connectivity index (χ3n) is 3.88. The van der Waals surface area contributed by atoms with Gasteiger partial charge in [0.25, 0.3) is 0 Å². The number of para-hydroxylation sites is 2. The molecule has 0 bridgehead atoms. The molecule has 0 aromatic heterocycles. The number of nitrogens with one attached hydrogen (secondary N) is 1. The Morgan fingerprint density at radius 2 is 1.67 bits per heavy atom. The van der Waals surface area contributed by atoms with Crippen LogP contribution in [0.3, 0.4) is 0 Å². The van der Waals surface area contributed by atoms with Crippen LogP contribution in [0.4, 0.5) is 5.69 Å². The number of carbonyl (C=O) groups excluding carboxylic acids is 1. The molecule has 0 atom stereocenters. The first-order valence-corrected chi connectivity index (χ1v) is 8.06. The highest BCUT2D eigenvalue weighted by molar-refractivity contribution is 5.99. The minimum Gasteiger partial charge on any atom is -0.497 e. The number of benzene rings is 2. The highest BCUT2D eigenvalue weighted by Gasteiger charge is 2.30. The van der Waals surface area contributed by atoms with Crippen molar-refractivity contribution in [3.8, 4) is 11.5 Å². The Morgan fingerprint density at radius 1 is 1.04 bits per heavy atom. The SMILES string of the molecule is COc1ccc(C(C)(C)C(=O)Nc2ccccc2OC(C)C)cc1.